The molecule has 3 nitrogen and oxygen atoms in total. The van der Waals surface area contributed by atoms with Crippen LogP contribution < -0.4 is 5.73 Å². The molecule has 2 heterocycles. The summed E-state index contributed by atoms with van der Waals surface area (Å²) in [5.41, 5.74) is 6.78. The van der Waals surface area contributed by atoms with Crippen LogP contribution in [-0.2, 0) is 19.6 Å². The monoisotopic (exact) mass is 236 g/mol. The molecule has 0 bridgehead atoms. The van der Waals surface area contributed by atoms with Crippen molar-refractivity contribution in [3.63, 3.8) is 0 Å². The number of thiophene rings is 1. The largest absolute Gasteiger partial charge is 0.468 e. The first kappa shape index (κ1) is 11.4. The average molecular weight is 236 g/mol. The van der Waals surface area contributed by atoms with Gasteiger partial charge in [0.2, 0.25) is 0 Å². The van der Waals surface area contributed by atoms with E-state index in [2.05, 4.69) is 29.5 Å². The number of hydrogen-bond donors (Lipinski definition) is 1. The lowest BCUT2D eigenvalue weighted by Gasteiger charge is -2.15. The van der Waals surface area contributed by atoms with Gasteiger partial charge in [-0.1, -0.05) is 6.07 Å². The van der Waals surface area contributed by atoms with Crippen molar-refractivity contribution in [2.75, 3.05) is 7.05 Å². The van der Waals surface area contributed by atoms with E-state index in [1.54, 1.807) is 17.6 Å². The molecule has 2 aromatic rings. The fraction of sp³-hybridized carbons (Fsp3) is 0.333. The van der Waals surface area contributed by atoms with E-state index in [1.807, 2.05) is 6.07 Å². The van der Waals surface area contributed by atoms with Crippen LogP contribution in [0.5, 0.6) is 0 Å². The molecule has 2 aromatic heterocycles. The molecule has 0 radical (unpaired) electrons. The number of furan rings is 1. The van der Waals surface area contributed by atoms with Crippen LogP contribution in [0.1, 0.15) is 16.2 Å². The quantitative estimate of drug-likeness (QED) is 0.867. The normalized spacial score (nSPS) is 11.2. The summed E-state index contributed by atoms with van der Waals surface area (Å²) in [6, 6.07) is 6.23. The van der Waals surface area contributed by atoms with Crippen LogP contribution in [0.25, 0.3) is 0 Å². The molecule has 0 atom stereocenters. The van der Waals surface area contributed by atoms with Gasteiger partial charge in [0.1, 0.15) is 5.76 Å². The van der Waals surface area contributed by atoms with Crippen molar-refractivity contribution in [1.29, 1.82) is 0 Å². The Morgan fingerprint density at radius 2 is 2.25 bits per heavy atom. The molecule has 0 spiro atoms. The lowest BCUT2D eigenvalue weighted by Crippen LogP contribution is -2.17. The second kappa shape index (κ2) is 5.30. The van der Waals surface area contributed by atoms with Crippen molar-refractivity contribution >= 4 is 11.3 Å². The van der Waals surface area contributed by atoms with Gasteiger partial charge in [-0.25, -0.2) is 0 Å². The molecule has 0 saturated heterocycles. The highest BCUT2D eigenvalue weighted by atomic mass is 32.1. The van der Waals surface area contributed by atoms with Crippen LogP contribution in [-0.4, -0.2) is 11.9 Å². The predicted octanol–water partition coefficient (Wildman–Crippen LogP) is 2.43. The molecule has 0 aliphatic rings. The smallest absolute Gasteiger partial charge is 0.121 e. The Bertz CT molecular complexity index is 422. The van der Waals surface area contributed by atoms with Crippen LogP contribution in [0.4, 0.5) is 0 Å². The third-order valence-corrected chi connectivity index (χ3v) is 3.33. The Labute approximate surface area is 99.5 Å². The molecular formula is C12H16N2OS. The van der Waals surface area contributed by atoms with E-state index < -0.39 is 0 Å². The fourth-order valence-corrected chi connectivity index (χ4v) is 2.49. The maximum absolute atomic E-state index is 5.60. The predicted molar refractivity (Wildman–Crippen MR) is 66.1 cm³/mol. The summed E-state index contributed by atoms with van der Waals surface area (Å²) in [7, 11) is 2.10. The highest BCUT2D eigenvalue weighted by molar-refractivity contribution is 7.09. The van der Waals surface area contributed by atoms with Crippen LogP contribution in [0.3, 0.4) is 0 Å². The molecule has 0 amide bonds. The van der Waals surface area contributed by atoms with Crippen molar-refractivity contribution in [3.05, 3.63) is 46.0 Å². The minimum absolute atomic E-state index is 0.467. The van der Waals surface area contributed by atoms with E-state index in [9.17, 15) is 0 Å². The van der Waals surface area contributed by atoms with Gasteiger partial charge in [-0.05, 0) is 24.6 Å². The van der Waals surface area contributed by atoms with Crippen molar-refractivity contribution in [1.82, 2.24) is 4.90 Å². The van der Waals surface area contributed by atoms with Gasteiger partial charge in [0.05, 0.1) is 12.8 Å². The Morgan fingerprint density at radius 3 is 2.94 bits per heavy atom. The zero-order chi connectivity index (χ0) is 11.4. The molecule has 0 fully saturated rings. The number of rotatable bonds is 5. The number of hydrogen-bond acceptors (Lipinski definition) is 4. The van der Waals surface area contributed by atoms with Gasteiger partial charge in [0.15, 0.2) is 0 Å². The van der Waals surface area contributed by atoms with Gasteiger partial charge >= 0.3 is 0 Å². The van der Waals surface area contributed by atoms with E-state index in [-0.39, 0.29) is 0 Å². The minimum atomic E-state index is 0.467. The summed E-state index contributed by atoms with van der Waals surface area (Å²) in [6.07, 6.45) is 1.70. The Morgan fingerprint density at radius 1 is 1.38 bits per heavy atom. The second-order valence-corrected chi connectivity index (χ2v) is 4.86. The van der Waals surface area contributed by atoms with Crippen molar-refractivity contribution < 1.29 is 4.42 Å². The SMILES string of the molecule is CN(Cc1cccs1)Cc1ccoc1CN. The van der Waals surface area contributed by atoms with Crippen molar-refractivity contribution in [3.8, 4) is 0 Å². The van der Waals surface area contributed by atoms with E-state index in [4.69, 9.17) is 10.2 Å². The summed E-state index contributed by atoms with van der Waals surface area (Å²) < 4.78 is 5.30. The van der Waals surface area contributed by atoms with Gasteiger partial charge in [-0.3, -0.25) is 4.90 Å². The standard InChI is InChI=1S/C12H16N2OS/c1-14(9-11-3-2-6-16-11)8-10-4-5-15-12(10)7-13/h2-6H,7-9,13H2,1H3. The zero-order valence-corrected chi connectivity index (χ0v) is 10.2. The van der Waals surface area contributed by atoms with E-state index >= 15 is 0 Å². The number of nitrogens with two attached hydrogens (primary N) is 1. The lowest BCUT2D eigenvalue weighted by atomic mass is 10.2. The Kier molecular flexibility index (Phi) is 3.77. The van der Waals surface area contributed by atoms with Gasteiger partial charge < -0.3 is 10.2 Å². The first-order chi connectivity index (χ1) is 7.79. The molecule has 2 N–H and O–H groups in total. The Balaban J connectivity index is 1.94. The molecule has 0 saturated carbocycles. The van der Waals surface area contributed by atoms with Gasteiger partial charge in [-0.2, -0.15) is 0 Å². The summed E-state index contributed by atoms with van der Waals surface area (Å²) in [5.74, 6) is 0.887. The molecular weight excluding hydrogens is 220 g/mol. The fourth-order valence-electron chi connectivity index (χ4n) is 1.70. The van der Waals surface area contributed by atoms with E-state index in [0.29, 0.717) is 6.54 Å². The first-order valence-corrected chi connectivity index (χ1v) is 6.14. The molecule has 0 aromatic carbocycles. The van der Waals surface area contributed by atoms with Gasteiger partial charge in [0.25, 0.3) is 0 Å². The second-order valence-electron chi connectivity index (χ2n) is 3.82. The minimum Gasteiger partial charge on any atom is -0.468 e. The summed E-state index contributed by atoms with van der Waals surface area (Å²) in [6.45, 7) is 2.31. The van der Waals surface area contributed by atoms with Crippen molar-refractivity contribution in [2.45, 2.75) is 19.6 Å². The third kappa shape index (κ3) is 2.72. The zero-order valence-electron chi connectivity index (χ0n) is 9.35. The van der Waals surface area contributed by atoms with Crippen LogP contribution in [0.15, 0.2) is 34.3 Å². The summed E-state index contributed by atoms with van der Waals surface area (Å²) in [5, 5.41) is 2.10. The van der Waals surface area contributed by atoms with Crippen LogP contribution in [0, 0.1) is 0 Å². The Hall–Kier alpha value is -1.10. The maximum atomic E-state index is 5.60. The highest BCUT2D eigenvalue weighted by Gasteiger charge is 2.08. The lowest BCUT2D eigenvalue weighted by molar-refractivity contribution is 0.318. The van der Waals surface area contributed by atoms with Crippen LogP contribution in [0.2, 0.25) is 0 Å². The maximum Gasteiger partial charge on any atom is 0.121 e. The third-order valence-electron chi connectivity index (χ3n) is 2.47. The summed E-state index contributed by atoms with van der Waals surface area (Å²) >= 11 is 1.78. The molecule has 86 valence electrons. The van der Waals surface area contributed by atoms with E-state index in [0.717, 1.165) is 18.8 Å². The summed E-state index contributed by atoms with van der Waals surface area (Å²) in [4.78, 5) is 3.64. The highest BCUT2D eigenvalue weighted by Crippen LogP contribution is 2.15. The topological polar surface area (TPSA) is 42.4 Å². The van der Waals surface area contributed by atoms with E-state index in [1.165, 1.54) is 10.4 Å². The first-order valence-electron chi connectivity index (χ1n) is 5.26. The van der Waals surface area contributed by atoms with Crippen molar-refractivity contribution in [2.24, 2.45) is 5.73 Å². The van der Waals surface area contributed by atoms with Gasteiger partial charge in [-0.15, -0.1) is 11.3 Å². The molecule has 0 unspecified atom stereocenters. The average Bonchev–Trinajstić information content (AvgIpc) is 2.88. The molecule has 4 heteroatoms. The molecule has 16 heavy (non-hydrogen) atoms. The number of nitrogens with zero attached hydrogens (tertiary/aromatic N) is 1. The molecule has 0 aliphatic carbocycles. The molecule has 0 aliphatic heterocycles. The van der Waals surface area contributed by atoms with Crippen LogP contribution >= 0.6 is 11.3 Å². The van der Waals surface area contributed by atoms with Gasteiger partial charge in [0, 0.05) is 23.5 Å². The molecule has 2 rings (SSSR count).